The fourth-order valence-corrected chi connectivity index (χ4v) is 2.83. The van der Waals surface area contributed by atoms with Crippen LogP contribution < -0.4 is 5.32 Å². The Balaban J connectivity index is 2.11. The Morgan fingerprint density at radius 2 is 1.85 bits per heavy atom. The second-order valence-electron chi connectivity index (χ2n) is 4.04. The van der Waals surface area contributed by atoms with Gasteiger partial charge in [0, 0.05) is 15.6 Å². The van der Waals surface area contributed by atoms with Crippen molar-refractivity contribution in [1.29, 1.82) is 0 Å². The predicted octanol–water partition coefficient (Wildman–Crippen LogP) is 5.36. The van der Waals surface area contributed by atoms with E-state index in [2.05, 4.69) is 12.2 Å². The summed E-state index contributed by atoms with van der Waals surface area (Å²) in [5, 5.41) is 3.66. The lowest BCUT2D eigenvalue weighted by molar-refractivity contribution is 0.102. The van der Waals surface area contributed by atoms with Gasteiger partial charge in [-0.25, -0.2) is 0 Å². The average molecular weight is 326 g/mol. The number of amides is 1. The molecular formula is C15H13Cl2NOS. The summed E-state index contributed by atoms with van der Waals surface area (Å²) in [6.45, 7) is 2.10. The van der Waals surface area contributed by atoms with Crippen molar-refractivity contribution in [2.45, 2.75) is 11.8 Å². The van der Waals surface area contributed by atoms with E-state index < -0.39 is 0 Å². The first-order valence-electron chi connectivity index (χ1n) is 6.09. The van der Waals surface area contributed by atoms with Crippen LogP contribution in [0.25, 0.3) is 0 Å². The molecule has 0 aliphatic heterocycles. The largest absolute Gasteiger partial charge is 0.322 e. The van der Waals surface area contributed by atoms with E-state index in [0.717, 1.165) is 11.4 Å². The van der Waals surface area contributed by atoms with Crippen molar-refractivity contribution in [2.24, 2.45) is 0 Å². The number of nitrogens with one attached hydrogen (secondary N) is 1. The number of carbonyl (C=O) groups excluding carboxylic acids is 1. The number of rotatable bonds is 4. The van der Waals surface area contributed by atoms with Crippen LogP contribution in [0.3, 0.4) is 0 Å². The Morgan fingerprint density at radius 3 is 2.45 bits per heavy atom. The number of carbonyl (C=O) groups is 1. The lowest BCUT2D eigenvalue weighted by Gasteiger charge is -2.07. The van der Waals surface area contributed by atoms with Crippen molar-refractivity contribution in [3.63, 3.8) is 0 Å². The maximum atomic E-state index is 12.1. The molecule has 0 unspecified atom stereocenters. The average Bonchev–Trinajstić information content (AvgIpc) is 2.41. The van der Waals surface area contributed by atoms with Crippen LogP contribution in [-0.4, -0.2) is 11.7 Å². The Morgan fingerprint density at radius 1 is 1.15 bits per heavy atom. The third kappa shape index (κ3) is 3.92. The second-order valence-corrected chi connectivity index (χ2v) is 6.22. The highest BCUT2D eigenvalue weighted by atomic mass is 35.5. The van der Waals surface area contributed by atoms with Crippen LogP contribution in [0.2, 0.25) is 10.0 Å². The summed E-state index contributed by atoms with van der Waals surface area (Å²) in [7, 11) is 0. The summed E-state index contributed by atoms with van der Waals surface area (Å²) in [6.07, 6.45) is 0. The first-order chi connectivity index (χ1) is 9.60. The van der Waals surface area contributed by atoms with Gasteiger partial charge in [0.15, 0.2) is 0 Å². The van der Waals surface area contributed by atoms with Gasteiger partial charge in [0.1, 0.15) is 0 Å². The van der Waals surface area contributed by atoms with E-state index in [0.29, 0.717) is 15.6 Å². The number of hydrogen-bond acceptors (Lipinski definition) is 2. The Hall–Kier alpha value is -1.16. The number of anilines is 1. The van der Waals surface area contributed by atoms with Crippen LogP contribution in [0.15, 0.2) is 47.4 Å². The Kier molecular flexibility index (Phi) is 5.35. The van der Waals surface area contributed by atoms with Crippen molar-refractivity contribution < 1.29 is 4.79 Å². The summed E-state index contributed by atoms with van der Waals surface area (Å²) >= 11 is 13.6. The molecule has 2 aromatic rings. The van der Waals surface area contributed by atoms with Crippen LogP contribution in [-0.2, 0) is 0 Å². The van der Waals surface area contributed by atoms with Crippen molar-refractivity contribution in [3.05, 3.63) is 58.1 Å². The molecule has 104 valence electrons. The predicted molar refractivity (Wildman–Crippen MR) is 87.3 cm³/mol. The van der Waals surface area contributed by atoms with E-state index in [4.69, 9.17) is 23.2 Å². The lowest BCUT2D eigenvalue weighted by atomic mass is 10.2. The van der Waals surface area contributed by atoms with E-state index >= 15 is 0 Å². The van der Waals surface area contributed by atoms with Gasteiger partial charge in [-0.1, -0.05) is 30.1 Å². The molecule has 0 radical (unpaired) electrons. The second kappa shape index (κ2) is 7.02. The van der Waals surface area contributed by atoms with Crippen LogP contribution in [0.1, 0.15) is 17.3 Å². The van der Waals surface area contributed by atoms with E-state index in [-0.39, 0.29) is 5.91 Å². The van der Waals surface area contributed by atoms with Gasteiger partial charge >= 0.3 is 0 Å². The third-order valence-corrected chi connectivity index (χ3v) is 4.04. The minimum Gasteiger partial charge on any atom is -0.322 e. The normalized spacial score (nSPS) is 10.3. The maximum Gasteiger partial charge on any atom is 0.257 e. The van der Waals surface area contributed by atoms with Crippen molar-refractivity contribution >= 4 is 46.6 Å². The summed E-state index contributed by atoms with van der Waals surface area (Å²) in [5.74, 6) is 0.772. The van der Waals surface area contributed by atoms with E-state index in [1.165, 1.54) is 4.90 Å². The van der Waals surface area contributed by atoms with Crippen LogP contribution in [0, 0.1) is 0 Å². The first-order valence-corrected chi connectivity index (χ1v) is 7.83. The summed E-state index contributed by atoms with van der Waals surface area (Å²) < 4.78 is 0. The zero-order valence-electron chi connectivity index (χ0n) is 10.8. The van der Waals surface area contributed by atoms with Gasteiger partial charge in [0.25, 0.3) is 5.91 Å². The summed E-state index contributed by atoms with van der Waals surface area (Å²) in [5.41, 5.74) is 1.14. The van der Waals surface area contributed by atoms with Gasteiger partial charge in [0.2, 0.25) is 0 Å². The molecule has 20 heavy (non-hydrogen) atoms. The molecule has 0 atom stereocenters. The van der Waals surface area contributed by atoms with Crippen LogP contribution in [0.5, 0.6) is 0 Å². The van der Waals surface area contributed by atoms with Gasteiger partial charge < -0.3 is 5.32 Å². The quantitative estimate of drug-likeness (QED) is 0.767. The van der Waals surface area contributed by atoms with Gasteiger partial charge in [-0.15, -0.1) is 11.8 Å². The maximum absolute atomic E-state index is 12.1. The molecule has 1 N–H and O–H groups in total. The molecule has 2 aromatic carbocycles. The van der Waals surface area contributed by atoms with E-state index in [1.54, 1.807) is 30.0 Å². The molecule has 0 heterocycles. The number of benzene rings is 2. The fourth-order valence-electron chi connectivity index (χ4n) is 1.67. The molecular weight excluding hydrogens is 313 g/mol. The molecule has 0 bridgehead atoms. The Labute approximate surface area is 132 Å². The van der Waals surface area contributed by atoms with Gasteiger partial charge in [-0.3, -0.25) is 4.79 Å². The first kappa shape index (κ1) is 15.2. The third-order valence-electron chi connectivity index (χ3n) is 2.60. The molecule has 1 amide bonds. The molecule has 0 aromatic heterocycles. The molecule has 2 nitrogen and oxygen atoms in total. The molecule has 2 rings (SSSR count). The van der Waals surface area contributed by atoms with Gasteiger partial charge in [0.05, 0.1) is 10.6 Å². The van der Waals surface area contributed by atoms with Crippen molar-refractivity contribution in [3.8, 4) is 0 Å². The number of thioether (sulfide) groups is 1. The summed E-state index contributed by atoms with van der Waals surface area (Å²) in [6, 6.07) is 12.5. The van der Waals surface area contributed by atoms with Crippen molar-refractivity contribution in [1.82, 2.24) is 0 Å². The van der Waals surface area contributed by atoms with E-state index in [1.807, 2.05) is 24.3 Å². The van der Waals surface area contributed by atoms with Crippen LogP contribution in [0.4, 0.5) is 5.69 Å². The minimum atomic E-state index is -0.248. The van der Waals surface area contributed by atoms with Gasteiger partial charge in [-0.2, -0.15) is 0 Å². The highest BCUT2D eigenvalue weighted by Gasteiger charge is 2.10. The molecule has 0 spiro atoms. The zero-order chi connectivity index (χ0) is 14.5. The van der Waals surface area contributed by atoms with Crippen molar-refractivity contribution in [2.75, 3.05) is 11.1 Å². The topological polar surface area (TPSA) is 29.1 Å². The monoisotopic (exact) mass is 325 g/mol. The standard InChI is InChI=1S/C15H13Cl2NOS/c1-2-20-12-6-4-11(5-7-12)18-15(19)13-8-3-10(16)9-14(13)17/h3-9H,2H2,1H3,(H,18,19). The number of halogens is 2. The highest BCUT2D eigenvalue weighted by molar-refractivity contribution is 7.99. The SMILES string of the molecule is CCSc1ccc(NC(=O)c2ccc(Cl)cc2Cl)cc1. The smallest absolute Gasteiger partial charge is 0.257 e. The fraction of sp³-hybridized carbons (Fsp3) is 0.133. The lowest BCUT2D eigenvalue weighted by Crippen LogP contribution is -2.12. The minimum absolute atomic E-state index is 0.248. The van der Waals surface area contributed by atoms with E-state index in [9.17, 15) is 4.79 Å². The number of hydrogen-bond donors (Lipinski definition) is 1. The van der Waals surface area contributed by atoms with Gasteiger partial charge in [-0.05, 0) is 48.2 Å². The molecule has 0 aliphatic carbocycles. The summed E-state index contributed by atoms with van der Waals surface area (Å²) in [4.78, 5) is 13.3. The molecule has 0 saturated heterocycles. The highest BCUT2D eigenvalue weighted by Crippen LogP contribution is 2.23. The Bertz CT molecular complexity index is 614. The van der Waals surface area contributed by atoms with Crippen LogP contribution >= 0.6 is 35.0 Å². The molecule has 0 saturated carbocycles. The molecule has 0 aliphatic rings. The molecule has 0 fully saturated rings. The zero-order valence-corrected chi connectivity index (χ0v) is 13.1. The molecule has 5 heteroatoms.